The summed E-state index contributed by atoms with van der Waals surface area (Å²) in [5.41, 5.74) is 6.56. The van der Waals surface area contributed by atoms with Gasteiger partial charge in [0, 0.05) is 31.0 Å². The first-order chi connectivity index (χ1) is 9.54. The van der Waals surface area contributed by atoms with Crippen molar-refractivity contribution in [3.63, 3.8) is 0 Å². The van der Waals surface area contributed by atoms with Crippen molar-refractivity contribution < 1.29 is 4.79 Å². The molecule has 0 fully saturated rings. The first kappa shape index (κ1) is 14.1. The molecule has 2 aromatic heterocycles. The highest BCUT2D eigenvalue weighted by Gasteiger charge is 2.10. The predicted octanol–water partition coefficient (Wildman–Crippen LogP) is 0.565. The molecule has 0 spiro atoms. The molecule has 0 radical (unpaired) electrons. The van der Waals surface area contributed by atoms with Crippen LogP contribution in [0.25, 0.3) is 0 Å². The number of nitrogens with zero attached hydrogens (tertiary/aromatic N) is 4. The van der Waals surface area contributed by atoms with E-state index in [2.05, 4.69) is 15.5 Å². The molecular weight excluding hydrogens is 256 g/mol. The number of anilines is 1. The average Bonchev–Trinajstić information content (AvgIpc) is 2.97. The van der Waals surface area contributed by atoms with Gasteiger partial charge in [-0.1, -0.05) is 0 Å². The summed E-state index contributed by atoms with van der Waals surface area (Å²) >= 11 is 0. The quantitative estimate of drug-likeness (QED) is 0.806. The molecule has 0 aromatic carbocycles. The summed E-state index contributed by atoms with van der Waals surface area (Å²) in [4.78, 5) is 11.9. The molecule has 2 heterocycles. The fraction of sp³-hybridized carbons (Fsp3) is 0.462. The Labute approximate surface area is 117 Å². The molecule has 20 heavy (non-hydrogen) atoms. The second kappa shape index (κ2) is 6.23. The zero-order chi connectivity index (χ0) is 14.5. The van der Waals surface area contributed by atoms with Crippen molar-refractivity contribution in [1.29, 1.82) is 0 Å². The SMILES string of the molecule is Cc1cc(N)n(CC(=O)N[C@H](C)CCn2cccn2)n1. The Balaban J connectivity index is 1.77. The summed E-state index contributed by atoms with van der Waals surface area (Å²) in [6, 6.07) is 3.70. The van der Waals surface area contributed by atoms with E-state index in [9.17, 15) is 4.79 Å². The molecule has 2 rings (SSSR count). The van der Waals surface area contributed by atoms with Crippen LogP contribution in [0.15, 0.2) is 24.5 Å². The van der Waals surface area contributed by atoms with Gasteiger partial charge in [0.05, 0.1) is 5.69 Å². The smallest absolute Gasteiger partial charge is 0.242 e. The molecule has 3 N–H and O–H groups in total. The molecule has 1 atom stereocenters. The van der Waals surface area contributed by atoms with Crippen LogP contribution in [-0.4, -0.2) is 31.5 Å². The largest absolute Gasteiger partial charge is 0.384 e. The molecule has 108 valence electrons. The topological polar surface area (TPSA) is 90.8 Å². The lowest BCUT2D eigenvalue weighted by Gasteiger charge is -2.14. The number of carbonyl (C=O) groups excluding carboxylic acids is 1. The third-order valence-corrected chi connectivity index (χ3v) is 2.98. The van der Waals surface area contributed by atoms with E-state index in [-0.39, 0.29) is 18.5 Å². The number of nitrogens with two attached hydrogens (primary N) is 1. The van der Waals surface area contributed by atoms with E-state index in [1.165, 1.54) is 4.68 Å². The standard InChI is InChI=1S/C13H20N6O/c1-10(4-7-18-6-3-5-15-18)16-13(20)9-19-12(14)8-11(2)17-19/h3,5-6,8,10H,4,7,9,14H2,1-2H3,(H,16,20)/t10-/m1/s1. The van der Waals surface area contributed by atoms with Crippen molar-refractivity contribution in [3.05, 3.63) is 30.2 Å². The highest BCUT2D eigenvalue weighted by molar-refractivity contribution is 5.76. The summed E-state index contributed by atoms with van der Waals surface area (Å²) in [6.45, 7) is 4.74. The van der Waals surface area contributed by atoms with E-state index in [0.717, 1.165) is 18.7 Å². The van der Waals surface area contributed by atoms with Crippen LogP contribution in [-0.2, 0) is 17.9 Å². The summed E-state index contributed by atoms with van der Waals surface area (Å²) in [6.07, 6.45) is 4.47. The normalized spacial score (nSPS) is 12.3. The highest BCUT2D eigenvalue weighted by Crippen LogP contribution is 2.04. The number of nitrogens with one attached hydrogen (secondary N) is 1. The maximum atomic E-state index is 11.9. The summed E-state index contributed by atoms with van der Waals surface area (Å²) in [7, 11) is 0. The predicted molar refractivity (Wildman–Crippen MR) is 75.8 cm³/mol. The van der Waals surface area contributed by atoms with E-state index in [1.807, 2.05) is 30.8 Å². The van der Waals surface area contributed by atoms with Crippen LogP contribution in [0.5, 0.6) is 0 Å². The van der Waals surface area contributed by atoms with Gasteiger partial charge in [-0.15, -0.1) is 0 Å². The molecule has 2 aromatic rings. The molecule has 0 aliphatic rings. The highest BCUT2D eigenvalue weighted by atomic mass is 16.2. The monoisotopic (exact) mass is 276 g/mol. The average molecular weight is 276 g/mol. The van der Waals surface area contributed by atoms with Gasteiger partial charge in [0.1, 0.15) is 12.4 Å². The van der Waals surface area contributed by atoms with E-state index in [4.69, 9.17) is 5.73 Å². The fourth-order valence-electron chi connectivity index (χ4n) is 1.98. The lowest BCUT2D eigenvalue weighted by atomic mass is 10.2. The Bertz CT molecular complexity index is 559. The van der Waals surface area contributed by atoms with Crippen molar-refractivity contribution in [3.8, 4) is 0 Å². The van der Waals surface area contributed by atoms with Crippen LogP contribution in [0.2, 0.25) is 0 Å². The number of amides is 1. The molecule has 0 aliphatic carbocycles. The third-order valence-electron chi connectivity index (χ3n) is 2.98. The van der Waals surface area contributed by atoms with E-state index < -0.39 is 0 Å². The fourth-order valence-corrected chi connectivity index (χ4v) is 1.98. The van der Waals surface area contributed by atoms with Gasteiger partial charge < -0.3 is 11.1 Å². The van der Waals surface area contributed by atoms with Gasteiger partial charge in [0.15, 0.2) is 0 Å². The van der Waals surface area contributed by atoms with Gasteiger partial charge >= 0.3 is 0 Å². The second-order valence-electron chi connectivity index (χ2n) is 4.89. The minimum atomic E-state index is -0.0900. The number of aromatic nitrogens is 4. The Morgan fingerprint density at radius 2 is 2.35 bits per heavy atom. The van der Waals surface area contributed by atoms with Crippen LogP contribution in [0.3, 0.4) is 0 Å². The van der Waals surface area contributed by atoms with E-state index >= 15 is 0 Å². The number of hydrogen-bond acceptors (Lipinski definition) is 4. The molecular formula is C13H20N6O. The van der Waals surface area contributed by atoms with Gasteiger partial charge in [-0.25, -0.2) is 4.68 Å². The van der Waals surface area contributed by atoms with Gasteiger partial charge in [-0.2, -0.15) is 10.2 Å². The first-order valence-corrected chi connectivity index (χ1v) is 6.61. The van der Waals surface area contributed by atoms with E-state index in [0.29, 0.717) is 5.82 Å². The van der Waals surface area contributed by atoms with Gasteiger partial charge in [0.2, 0.25) is 5.91 Å². The minimum absolute atomic E-state index is 0.0737. The number of aryl methyl sites for hydroxylation is 2. The van der Waals surface area contributed by atoms with Gasteiger partial charge in [-0.3, -0.25) is 9.48 Å². The Kier molecular flexibility index (Phi) is 4.39. The zero-order valence-corrected chi connectivity index (χ0v) is 11.8. The second-order valence-corrected chi connectivity index (χ2v) is 4.89. The molecule has 7 nitrogen and oxygen atoms in total. The lowest BCUT2D eigenvalue weighted by molar-refractivity contribution is -0.122. The van der Waals surface area contributed by atoms with Crippen LogP contribution in [0.4, 0.5) is 5.82 Å². The van der Waals surface area contributed by atoms with Crippen molar-refractivity contribution in [2.45, 2.75) is 39.4 Å². The molecule has 7 heteroatoms. The van der Waals surface area contributed by atoms with Crippen molar-refractivity contribution in [1.82, 2.24) is 24.9 Å². The van der Waals surface area contributed by atoms with Gasteiger partial charge in [0.25, 0.3) is 0 Å². The number of hydrogen-bond donors (Lipinski definition) is 2. The summed E-state index contributed by atoms with van der Waals surface area (Å²) in [5.74, 6) is 0.412. The lowest BCUT2D eigenvalue weighted by Crippen LogP contribution is -2.36. The number of rotatable bonds is 6. The maximum absolute atomic E-state index is 11.9. The molecule has 1 amide bonds. The molecule has 0 saturated heterocycles. The minimum Gasteiger partial charge on any atom is -0.384 e. The number of nitrogen functional groups attached to an aromatic ring is 1. The zero-order valence-electron chi connectivity index (χ0n) is 11.8. The Morgan fingerprint density at radius 1 is 1.55 bits per heavy atom. The maximum Gasteiger partial charge on any atom is 0.242 e. The summed E-state index contributed by atoms with van der Waals surface area (Å²) in [5, 5.41) is 11.2. The third kappa shape index (κ3) is 3.84. The Hall–Kier alpha value is -2.31. The first-order valence-electron chi connectivity index (χ1n) is 6.61. The molecule has 0 unspecified atom stereocenters. The molecule has 0 aliphatic heterocycles. The van der Waals surface area contributed by atoms with Crippen LogP contribution >= 0.6 is 0 Å². The Morgan fingerprint density at radius 3 is 2.95 bits per heavy atom. The summed E-state index contributed by atoms with van der Waals surface area (Å²) < 4.78 is 3.35. The van der Waals surface area contributed by atoms with Crippen molar-refractivity contribution in [2.24, 2.45) is 0 Å². The van der Waals surface area contributed by atoms with Crippen LogP contribution in [0, 0.1) is 6.92 Å². The number of carbonyl (C=O) groups is 1. The van der Waals surface area contributed by atoms with Crippen molar-refractivity contribution in [2.75, 3.05) is 5.73 Å². The molecule has 0 saturated carbocycles. The van der Waals surface area contributed by atoms with Crippen LogP contribution in [0.1, 0.15) is 19.0 Å². The van der Waals surface area contributed by atoms with E-state index in [1.54, 1.807) is 12.3 Å². The van der Waals surface area contributed by atoms with Gasteiger partial charge in [-0.05, 0) is 26.3 Å². The molecule has 0 bridgehead atoms. The van der Waals surface area contributed by atoms with Crippen LogP contribution < -0.4 is 11.1 Å². The van der Waals surface area contributed by atoms with Crippen molar-refractivity contribution >= 4 is 11.7 Å².